The Bertz CT molecular complexity index is 499. The summed E-state index contributed by atoms with van der Waals surface area (Å²) in [6.07, 6.45) is 0.720. The topological polar surface area (TPSA) is 72.8 Å². The van der Waals surface area contributed by atoms with E-state index in [1.165, 1.54) is 13.2 Å². The van der Waals surface area contributed by atoms with Crippen molar-refractivity contribution in [2.75, 3.05) is 7.11 Å². The summed E-state index contributed by atoms with van der Waals surface area (Å²) in [4.78, 5) is 22.6. The minimum absolute atomic E-state index is 0.105. The number of carboxylic acid groups (broad SMARTS) is 1. The molecular weight excluding hydrogens is 260 g/mol. The Morgan fingerprint density at radius 2 is 1.90 bits per heavy atom. The molecule has 1 aromatic carbocycles. The third kappa shape index (κ3) is 4.91. The molecule has 0 spiro atoms. The molecule has 0 radical (unpaired) electrons. The fraction of sp³-hybridized carbons (Fsp3) is 0.467. The van der Waals surface area contributed by atoms with Crippen LogP contribution in [0.15, 0.2) is 18.2 Å². The fourth-order valence-electron chi connectivity index (χ4n) is 1.71. The Kier molecular flexibility index (Phi) is 5.13. The van der Waals surface area contributed by atoms with Crippen LogP contribution in [0.5, 0.6) is 5.75 Å². The van der Waals surface area contributed by atoms with Gasteiger partial charge >= 0.3 is 11.9 Å². The van der Waals surface area contributed by atoms with Crippen LogP contribution in [0.3, 0.4) is 0 Å². The first-order valence-electron chi connectivity index (χ1n) is 6.35. The molecule has 1 aromatic rings. The molecule has 5 heteroatoms. The maximum atomic E-state index is 11.6. The highest BCUT2D eigenvalue weighted by molar-refractivity contribution is 5.91. The molecule has 0 aromatic heterocycles. The van der Waals surface area contributed by atoms with E-state index in [0.29, 0.717) is 12.2 Å². The highest BCUT2D eigenvalue weighted by Crippen LogP contribution is 2.21. The Morgan fingerprint density at radius 3 is 2.40 bits per heavy atom. The van der Waals surface area contributed by atoms with Crippen LogP contribution in [0.2, 0.25) is 0 Å². The number of hydrogen-bond acceptors (Lipinski definition) is 4. The Hall–Kier alpha value is -2.04. The predicted octanol–water partition coefficient (Wildman–Crippen LogP) is 2.67. The van der Waals surface area contributed by atoms with Crippen molar-refractivity contribution in [3.63, 3.8) is 0 Å². The normalized spacial score (nSPS) is 11.0. The summed E-state index contributed by atoms with van der Waals surface area (Å²) < 4.78 is 10.3. The van der Waals surface area contributed by atoms with Crippen LogP contribution in [0.25, 0.3) is 0 Å². The molecule has 20 heavy (non-hydrogen) atoms. The predicted molar refractivity (Wildman–Crippen MR) is 74.1 cm³/mol. The monoisotopic (exact) mass is 280 g/mol. The summed E-state index contributed by atoms with van der Waals surface area (Å²) in [6, 6.07) is 4.79. The van der Waals surface area contributed by atoms with Gasteiger partial charge < -0.3 is 14.6 Å². The largest absolute Gasteiger partial charge is 0.496 e. The molecule has 5 nitrogen and oxygen atoms in total. The minimum atomic E-state index is -1.04. The molecule has 0 aliphatic rings. The van der Waals surface area contributed by atoms with Crippen LogP contribution in [0, 0.1) is 0 Å². The van der Waals surface area contributed by atoms with Crippen LogP contribution < -0.4 is 4.74 Å². The quantitative estimate of drug-likeness (QED) is 0.839. The maximum absolute atomic E-state index is 11.6. The van der Waals surface area contributed by atoms with Crippen LogP contribution in [0.4, 0.5) is 0 Å². The lowest BCUT2D eigenvalue weighted by molar-refractivity contribution is -0.154. The smallest absolute Gasteiger partial charge is 0.339 e. The molecule has 0 aliphatic heterocycles. The van der Waals surface area contributed by atoms with Crippen molar-refractivity contribution in [3.05, 3.63) is 29.3 Å². The second-order valence-corrected chi connectivity index (χ2v) is 5.43. The van der Waals surface area contributed by atoms with Gasteiger partial charge in [-0.25, -0.2) is 4.79 Å². The number of aromatic carboxylic acids is 1. The number of rotatable bonds is 5. The third-order valence-corrected chi connectivity index (χ3v) is 2.53. The van der Waals surface area contributed by atoms with Gasteiger partial charge in [0.25, 0.3) is 0 Å². The highest BCUT2D eigenvalue weighted by Gasteiger charge is 2.16. The van der Waals surface area contributed by atoms with E-state index in [2.05, 4.69) is 0 Å². The summed E-state index contributed by atoms with van der Waals surface area (Å²) in [5.41, 5.74) is 0.438. The molecule has 0 saturated heterocycles. The first-order chi connectivity index (χ1) is 9.23. The van der Waals surface area contributed by atoms with E-state index in [9.17, 15) is 9.59 Å². The van der Waals surface area contributed by atoms with Crippen molar-refractivity contribution in [2.45, 2.75) is 39.2 Å². The Morgan fingerprint density at radius 1 is 1.25 bits per heavy atom. The molecule has 0 atom stereocenters. The van der Waals surface area contributed by atoms with Gasteiger partial charge in [-0.05, 0) is 44.9 Å². The summed E-state index contributed by atoms with van der Waals surface area (Å²) in [5.74, 6) is -1.03. The number of benzene rings is 1. The van der Waals surface area contributed by atoms with E-state index < -0.39 is 11.6 Å². The zero-order chi connectivity index (χ0) is 15.3. The van der Waals surface area contributed by atoms with Crippen LogP contribution in [-0.2, 0) is 16.0 Å². The molecule has 0 fully saturated rings. The van der Waals surface area contributed by atoms with Gasteiger partial charge in [0.1, 0.15) is 16.9 Å². The van der Waals surface area contributed by atoms with Crippen molar-refractivity contribution in [1.29, 1.82) is 0 Å². The van der Waals surface area contributed by atoms with Crippen molar-refractivity contribution in [2.24, 2.45) is 0 Å². The van der Waals surface area contributed by atoms with Gasteiger partial charge in [-0.1, -0.05) is 6.07 Å². The molecule has 0 bridgehead atoms. The molecule has 1 rings (SSSR count). The average Bonchev–Trinajstić information content (AvgIpc) is 2.33. The number of carbonyl (C=O) groups is 2. The number of esters is 1. The van der Waals surface area contributed by atoms with Crippen molar-refractivity contribution < 1.29 is 24.2 Å². The van der Waals surface area contributed by atoms with E-state index in [4.69, 9.17) is 14.6 Å². The summed E-state index contributed by atoms with van der Waals surface area (Å²) in [5, 5.41) is 8.98. The first kappa shape index (κ1) is 16.0. The molecule has 110 valence electrons. The minimum Gasteiger partial charge on any atom is -0.496 e. The zero-order valence-corrected chi connectivity index (χ0v) is 12.2. The van der Waals surface area contributed by atoms with Gasteiger partial charge in [0, 0.05) is 6.42 Å². The number of carboxylic acids is 1. The molecule has 0 unspecified atom stereocenters. The Labute approximate surface area is 118 Å². The van der Waals surface area contributed by atoms with E-state index >= 15 is 0 Å². The highest BCUT2D eigenvalue weighted by atomic mass is 16.6. The van der Waals surface area contributed by atoms with Crippen molar-refractivity contribution in [3.8, 4) is 5.75 Å². The van der Waals surface area contributed by atoms with Crippen molar-refractivity contribution in [1.82, 2.24) is 0 Å². The third-order valence-electron chi connectivity index (χ3n) is 2.53. The summed E-state index contributed by atoms with van der Waals surface area (Å²) in [6.45, 7) is 5.45. The van der Waals surface area contributed by atoms with Gasteiger partial charge in [0.05, 0.1) is 7.11 Å². The van der Waals surface area contributed by atoms with Gasteiger partial charge in [-0.2, -0.15) is 0 Å². The lowest BCUT2D eigenvalue weighted by Gasteiger charge is -2.19. The van der Waals surface area contributed by atoms with Gasteiger partial charge in [0.2, 0.25) is 0 Å². The van der Waals surface area contributed by atoms with E-state index in [0.717, 1.165) is 5.56 Å². The number of methoxy groups -OCH3 is 1. The first-order valence-corrected chi connectivity index (χ1v) is 6.35. The molecule has 1 N–H and O–H groups in total. The van der Waals surface area contributed by atoms with E-state index in [1.54, 1.807) is 12.1 Å². The van der Waals surface area contributed by atoms with Crippen LogP contribution >= 0.6 is 0 Å². The second-order valence-electron chi connectivity index (χ2n) is 5.43. The van der Waals surface area contributed by atoms with E-state index in [-0.39, 0.29) is 18.0 Å². The number of aryl methyl sites for hydroxylation is 1. The molecule has 0 amide bonds. The van der Waals surface area contributed by atoms with E-state index in [1.807, 2.05) is 20.8 Å². The van der Waals surface area contributed by atoms with Crippen molar-refractivity contribution >= 4 is 11.9 Å². The lowest BCUT2D eigenvalue weighted by atomic mass is 10.1. The fourth-order valence-corrected chi connectivity index (χ4v) is 1.71. The Balaban J connectivity index is 2.70. The maximum Gasteiger partial charge on any atom is 0.339 e. The SMILES string of the molecule is COc1cc(CCC(=O)OC(C)(C)C)ccc1C(=O)O. The summed E-state index contributed by atoms with van der Waals surface area (Å²) in [7, 11) is 1.42. The van der Waals surface area contributed by atoms with Crippen LogP contribution in [-0.4, -0.2) is 29.8 Å². The zero-order valence-electron chi connectivity index (χ0n) is 12.2. The number of ether oxygens (including phenoxy) is 2. The van der Waals surface area contributed by atoms with Gasteiger partial charge in [0.15, 0.2) is 0 Å². The lowest BCUT2D eigenvalue weighted by Crippen LogP contribution is -2.24. The standard InChI is InChI=1S/C15H20O5/c1-15(2,3)20-13(16)8-6-10-5-7-11(14(17)18)12(9-10)19-4/h5,7,9H,6,8H2,1-4H3,(H,17,18). The number of hydrogen-bond donors (Lipinski definition) is 1. The van der Waals surface area contributed by atoms with Gasteiger partial charge in [-0.3, -0.25) is 4.79 Å². The summed E-state index contributed by atoms with van der Waals surface area (Å²) >= 11 is 0. The average molecular weight is 280 g/mol. The van der Waals surface area contributed by atoms with Gasteiger partial charge in [-0.15, -0.1) is 0 Å². The molecule has 0 aliphatic carbocycles. The molecule has 0 heterocycles. The second kappa shape index (κ2) is 6.41. The van der Waals surface area contributed by atoms with Crippen LogP contribution in [0.1, 0.15) is 43.1 Å². The number of carbonyl (C=O) groups excluding carboxylic acids is 1. The molecule has 0 saturated carbocycles. The molecular formula is C15H20O5.